The number of allylic oxidation sites excluding steroid dienone is 12. The Balaban J connectivity index is 3.80. The van der Waals surface area contributed by atoms with Crippen molar-refractivity contribution in [2.45, 2.75) is 123 Å². The van der Waals surface area contributed by atoms with Gasteiger partial charge in [-0.15, -0.1) is 0 Å². The normalized spacial score (nSPS) is 13.2. The number of carbonyl (C=O) groups is 2. The summed E-state index contributed by atoms with van der Waals surface area (Å²) < 4.78 is 10.4. The SMILES string of the molecule is CC/C=C/C=C/C=C/C=C/CCCCCC(=O)OCC(CO)OC(=O)CC/C=C/C/C=C/CCCCCCCC. The van der Waals surface area contributed by atoms with E-state index in [2.05, 4.69) is 44.2 Å². The van der Waals surface area contributed by atoms with Crippen molar-refractivity contribution in [1.82, 2.24) is 0 Å². The van der Waals surface area contributed by atoms with Crippen LogP contribution in [-0.2, 0) is 19.1 Å². The van der Waals surface area contributed by atoms with Gasteiger partial charge in [-0.1, -0.05) is 125 Å². The second-order valence-corrected chi connectivity index (χ2v) is 9.88. The third kappa shape index (κ3) is 28.4. The van der Waals surface area contributed by atoms with E-state index in [9.17, 15) is 14.7 Å². The number of rotatable bonds is 26. The minimum atomic E-state index is -0.818. The van der Waals surface area contributed by atoms with Gasteiger partial charge in [0.25, 0.3) is 0 Å². The molecular formula is C35H56O5. The van der Waals surface area contributed by atoms with Crippen LogP contribution in [0.1, 0.15) is 117 Å². The molecule has 0 amide bonds. The zero-order valence-electron chi connectivity index (χ0n) is 25.3. The van der Waals surface area contributed by atoms with Crippen molar-refractivity contribution in [3.63, 3.8) is 0 Å². The molecule has 1 unspecified atom stereocenters. The maximum Gasteiger partial charge on any atom is 0.306 e. The van der Waals surface area contributed by atoms with Crippen LogP contribution in [0.15, 0.2) is 72.9 Å². The Kier molecular flexibility index (Phi) is 28.8. The van der Waals surface area contributed by atoms with Gasteiger partial charge in [-0.25, -0.2) is 0 Å². The average molecular weight is 557 g/mol. The minimum Gasteiger partial charge on any atom is -0.462 e. The van der Waals surface area contributed by atoms with Crippen LogP contribution in [0, 0.1) is 0 Å². The van der Waals surface area contributed by atoms with E-state index in [1.807, 2.05) is 42.5 Å². The lowest BCUT2D eigenvalue weighted by molar-refractivity contribution is -0.161. The molecule has 5 heteroatoms. The van der Waals surface area contributed by atoms with Gasteiger partial charge in [0.05, 0.1) is 6.61 Å². The molecule has 226 valence electrons. The van der Waals surface area contributed by atoms with Gasteiger partial charge >= 0.3 is 11.9 Å². The number of carbonyl (C=O) groups excluding carboxylic acids is 2. The molecule has 0 saturated carbocycles. The van der Waals surface area contributed by atoms with Gasteiger partial charge < -0.3 is 14.6 Å². The molecule has 0 heterocycles. The van der Waals surface area contributed by atoms with Gasteiger partial charge in [0.2, 0.25) is 0 Å². The van der Waals surface area contributed by atoms with Crippen LogP contribution in [0.3, 0.4) is 0 Å². The van der Waals surface area contributed by atoms with Crippen molar-refractivity contribution < 1.29 is 24.2 Å². The Morgan fingerprint density at radius 2 is 1.23 bits per heavy atom. The Labute approximate surface area is 244 Å². The maximum atomic E-state index is 12.0. The third-order valence-electron chi connectivity index (χ3n) is 6.09. The van der Waals surface area contributed by atoms with Crippen LogP contribution in [0.4, 0.5) is 0 Å². The molecule has 0 aliphatic rings. The molecule has 0 aromatic carbocycles. The van der Waals surface area contributed by atoms with Gasteiger partial charge in [0.1, 0.15) is 6.61 Å². The van der Waals surface area contributed by atoms with Crippen LogP contribution in [0.2, 0.25) is 0 Å². The fourth-order valence-corrected chi connectivity index (χ4v) is 3.73. The summed E-state index contributed by atoms with van der Waals surface area (Å²) in [6, 6.07) is 0. The van der Waals surface area contributed by atoms with Crippen molar-refractivity contribution in [2.24, 2.45) is 0 Å². The molecule has 0 rings (SSSR count). The average Bonchev–Trinajstić information content (AvgIpc) is 2.96. The second-order valence-electron chi connectivity index (χ2n) is 9.88. The van der Waals surface area contributed by atoms with E-state index in [4.69, 9.17) is 9.47 Å². The molecule has 0 fully saturated rings. The molecule has 0 aromatic rings. The van der Waals surface area contributed by atoms with Gasteiger partial charge in [-0.2, -0.15) is 0 Å². The fraction of sp³-hybridized carbons (Fsp3) is 0.600. The predicted molar refractivity (Wildman–Crippen MR) is 168 cm³/mol. The summed E-state index contributed by atoms with van der Waals surface area (Å²) >= 11 is 0. The second kappa shape index (κ2) is 30.9. The van der Waals surface area contributed by atoms with Gasteiger partial charge in [-0.3, -0.25) is 9.59 Å². The first kappa shape index (κ1) is 37.3. The molecular weight excluding hydrogens is 500 g/mol. The summed E-state index contributed by atoms with van der Waals surface area (Å²) in [6.45, 7) is 3.86. The van der Waals surface area contributed by atoms with Gasteiger partial charge in [0, 0.05) is 12.8 Å². The zero-order chi connectivity index (χ0) is 29.4. The summed E-state index contributed by atoms with van der Waals surface area (Å²) in [5, 5.41) is 9.46. The largest absolute Gasteiger partial charge is 0.462 e. The smallest absolute Gasteiger partial charge is 0.306 e. The molecule has 0 bridgehead atoms. The van der Waals surface area contributed by atoms with Gasteiger partial charge in [0.15, 0.2) is 6.10 Å². The number of hydrogen-bond acceptors (Lipinski definition) is 5. The van der Waals surface area contributed by atoms with Crippen molar-refractivity contribution >= 4 is 11.9 Å². The first-order valence-electron chi connectivity index (χ1n) is 15.5. The Morgan fingerprint density at radius 3 is 1.93 bits per heavy atom. The number of unbranched alkanes of at least 4 members (excludes halogenated alkanes) is 9. The van der Waals surface area contributed by atoms with E-state index in [0.717, 1.165) is 44.9 Å². The number of aliphatic hydroxyl groups is 1. The number of esters is 2. The summed E-state index contributed by atoms with van der Waals surface area (Å²) in [5.41, 5.74) is 0. The first-order chi connectivity index (χ1) is 19.6. The van der Waals surface area contributed by atoms with Crippen LogP contribution in [0.25, 0.3) is 0 Å². The first-order valence-corrected chi connectivity index (χ1v) is 15.5. The Bertz CT molecular complexity index is 773. The molecule has 0 radical (unpaired) electrons. The third-order valence-corrected chi connectivity index (χ3v) is 6.09. The Morgan fingerprint density at radius 1 is 0.625 bits per heavy atom. The standard InChI is InChI=1S/C35H56O5/c1-3-5-7-9-11-13-15-17-19-21-23-25-27-29-34(37)39-32-33(31-36)40-35(38)30-28-26-24-22-20-18-16-14-12-10-8-6-4-2/h5,7,9,11,13,15,17-20,24,26,33,36H,3-4,6,8,10,12,14,16,21-23,25,27-32H2,1-2H3/b7-5+,11-9+,15-13+,19-17+,20-18+,26-24+. The molecule has 0 aliphatic heterocycles. The monoisotopic (exact) mass is 556 g/mol. The highest BCUT2D eigenvalue weighted by atomic mass is 16.6. The highest BCUT2D eigenvalue weighted by Crippen LogP contribution is 2.08. The quantitative estimate of drug-likeness (QED) is 0.0498. The lowest BCUT2D eigenvalue weighted by atomic mass is 10.1. The van der Waals surface area contributed by atoms with E-state index in [1.54, 1.807) is 0 Å². The predicted octanol–water partition coefficient (Wildman–Crippen LogP) is 9.05. The molecule has 0 aromatic heterocycles. The van der Waals surface area contributed by atoms with Crippen LogP contribution in [-0.4, -0.2) is 36.4 Å². The lowest BCUT2D eigenvalue weighted by Crippen LogP contribution is -2.28. The molecule has 1 atom stereocenters. The van der Waals surface area contributed by atoms with Crippen molar-refractivity contribution in [3.8, 4) is 0 Å². The van der Waals surface area contributed by atoms with E-state index < -0.39 is 12.1 Å². The Hall–Kier alpha value is -2.66. The van der Waals surface area contributed by atoms with E-state index in [0.29, 0.717) is 12.8 Å². The number of aliphatic hydroxyl groups excluding tert-OH is 1. The minimum absolute atomic E-state index is 0.113. The van der Waals surface area contributed by atoms with Crippen molar-refractivity contribution in [3.05, 3.63) is 72.9 Å². The highest BCUT2D eigenvalue weighted by molar-refractivity contribution is 5.70. The molecule has 0 saturated heterocycles. The lowest BCUT2D eigenvalue weighted by Gasteiger charge is -2.15. The zero-order valence-corrected chi connectivity index (χ0v) is 25.3. The number of hydrogen-bond donors (Lipinski definition) is 1. The molecule has 5 nitrogen and oxygen atoms in total. The number of ether oxygens (including phenoxy) is 2. The van der Waals surface area contributed by atoms with Crippen LogP contribution < -0.4 is 0 Å². The van der Waals surface area contributed by atoms with E-state index >= 15 is 0 Å². The van der Waals surface area contributed by atoms with Crippen molar-refractivity contribution in [2.75, 3.05) is 13.2 Å². The summed E-state index contributed by atoms with van der Waals surface area (Å²) in [7, 11) is 0. The van der Waals surface area contributed by atoms with Crippen LogP contribution >= 0.6 is 0 Å². The van der Waals surface area contributed by atoms with Gasteiger partial charge in [-0.05, 0) is 51.4 Å². The fourth-order valence-electron chi connectivity index (χ4n) is 3.73. The topological polar surface area (TPSA) is 72.8 Å². The van der Waals surface area contributed by atoms with Crippen LogP contribution in [0.5, 0.6) is 0 Å². The molecule has 1 N–H and O–H groups in total. The van der Waals surface area contributed by atoms with E-state index in [1.165, 1.54) is 38.5 Å². The maximum absolute atomic E-state index is 12.0. The molecule has 0 aliphatic carbocycles. The van der Waals surface area contributed by atoms with E-state index in [-0.39, 0.29) is 25.6 Å². The van der Waals surface area contributed by atoms with Crippen molar-refractivity contribution in [1.29, 1.82) is 0 Å². The molecule has 0 spiro atoms. The summed E-state index contributed by atoms with van der Waals surface area (Å²) in [6.07, 6.45) is 39.6. The summed E-state index contributed by atoms with van der Waals surface area (Å²) in [5.74, 6) is -0.727. The molecule has 40 heavy (non-hydrogen) atoms. The summed E-state index contributed by atoms with van der Waals surface area (Å²) in [4.78, 5) is 24.0. The highest BCUT2D eigenvalue weighted by Gasteiger charge is 2.15.